The van der Waals surface area contributed by atoms with E-state index < -0.39 is 0 Å². The molecule has 1 aliphatic rings. The first-order valence-electron chi connectivity index (χ1n) is 6.52. The van der Waals surface area contributed by atoms with Crippen LogP contribution in [0.3, 0.4) is 0 Å². The molecule has 2 amide bonds. The van der Waals surface area contributed by atoms with E-state index in [1.54, 1.807) is 22.9 Å². The van der Waals surface area contributed by atoms with E-state index in [2.05, 4.69) is 15.7 Å². The van der Waals surface area contributed by atoms with Crippen LogP contribution >= 0.6 is 0 Å². The van der Waals surface area contributed by atoms with Crippen molar-refractivity contribution in [3.63, 3.8) is 0 Å². The predicted octanol–water partition coefficient (Wildman–Crippen LogP) is 2.60. The van der Waals surface area contributed by atoms with Gasteiger partial charge in [-0.15, -0.1) is 5.10 Å². The molecule has 6 heteroatoms. The molecule has 0 unspecified atom stereocenters. The summed E-state index contributed by atoms with van der Waals surface area (Å²) in [6.07, 6.45) is 2.06. The van der Waals surface area contributed by atoms with E-state index in [4.69, 9.17) is 0 Å². The molecule has 0 saturated heterocycles. The first-order chi connectivity index (χ1) is 9.61. The number of hydrogen-bond donors (Lipinski definition) is 2. The number of benzene rings is 1. The molecule has 0 spiro atoms. The van der Waals surface area contributed by atoms with Crippen molar-refractivity contribution < 1.29 is 9.18 Å². The number of aromatic nitrogens is 2. The van der Waals surface area contributed by atoms with Gasteiger partial charge in [-0.3, -0.25) is 5.32 Å². The molecule has 5 nitrogen and oxygen atoms in total. The van der Waals surface area contributed by atoms with Crippen LogP contribution in [0.5, 0.6) is 0 Å². The van der Waals surface area contributed by atoms with Gasteiger partial charge < -0.3 is 5.32 Å². The molecule has 20 heavy (non-hydrogen) atoms. The van der Waals surface area contributed by atoms with E-state index >= 15 is 0 Å². The summed E-state index contributed by atoms with van der Waals surface area (Å²) >= 11 is 0. The normalized spacial score (nSPS) is 14.1. The van der Waals surface area contributed by atoms with E-state index in [0.29, 0.717) is 17.5 Å². The van der Waals surface area contributed by atoms with Gasteiger partial charge >= 0.3 is 6.03 Å². The van der Waals surface area contributed by atoms with Gasteiger partial charge in [-0.2, -0.15) is 0 Å². The van der Waals surface area contributed by atoms with Crippen molar-refractivity contribution >= 4 is 11.8 Å². The Morgan fingerprint density at radius 3 is 2.90 bits per heavy atom. The zero-order valence-corrected chi connectivity index (χ0v) is 11.1. The minimum Gasteiger partial charge on any atom is -0.335 e. The third-order valence-corrected chi connectivity index (χ3v) is 3.09. The lowest BCUT2D eigenvalue weighted by Gasteiger charge is -2.04. The second kappa shape index (κ2) is 4.96. The Morgan fingerprint density at radius 1 is 1.40 bits per heavy atom. The Bertz CT molecular complexity index is 648. The molecule has 2 aromatic rings. The van der Waals surface area contributed by atoms with Crippen molar-refractivity contribution in [2.75, 3.05) is 5.32 Å². The number of hydrogen-bond acceptors (Lipinski definition) is 2. The van der Waals surface area contributed by atoms with Gasteiger partial charge in [0.1, 0.15) is 5.82 Å². The highest BCUT2D eigenvalue weighted by atomic mass is 19.1. The van der Waals surface area contributed by atoms with E-state index in [-0.39, 0.29) is 11.8 Å². The predicted molar refractivity (Wildman–Crippen MR) is 73.4 cm³/mol. The van der Waals surface area contributed by atoms with Crippen molar-refractivity contribution in [1.82, 2.24) is 15.1 Å². The average molecular weight is 274 g/mol. The number of carbonyl (C=O) groups is 1. The van der Waals surface area contributed by atoms with E-state index in [9.17, 15) is 9.18 Å². The van der Waals surface area contributed by atoms with Crippen LogP contribution in [-0.2, 0) is 0 Å². The summed E-state index contributed by atoms with van der Waals surface area (Å²) in [6, 6.07) is 7.95. The van der Waals surface area contributed by atoms with E-state index in [1.807, 2.05) is 6.92 Å². The molecule has 104 valence electrons. The van der Waals surface area contributed by atoms with Gasteiger partial charge in [0.2, 0.25) is 0 Å². The standard InChI is InChI=1S/C14H15FN4O/c1-9-7-13(17-14(20)16-11-5-6-11)18-19(9)12-4-2-3-10(15)8-12/h2-4,7-8,11H,5-6H2,1H3,(H2,16,17,18,20). The van der Waals surface area contributed by atoms with Gasteiger partial charge in [-0.25, -0.2) is 13.9 Å². The van der Waals surface area contributed by atoms with Crippen LogP contribution in [0.2, 0.25) is 0 Å². The first kappa shape index (κ1) is 12.7. The molecule has 1 aromatic carbocycles. The number of nitrogens with one attached hydrogen (secondary N) is 2. The Balaban J connectivity index is 1.78. The highest BCUT2D eigenvalue weighted by molar-refractivity contribution is 5.88. The average Bonchev–Trinajstić information content (AvgIpc) is 3.12. The monoisotopic (exact) mass is 274 g/mol. The molecule has 1 heterocycles. The van der Waals surface area contributed by atoms with E-state index in [0.717, 1.165) is 18.5 Å². The summed E-state index contributed by atoms with van der Waals surface area (Å²) in [6.45, 7) is 1.85. The number of nitrogens with zero attached hydrogens (tertiary/aromatic N) is 2. The summed E-state index contributed by atoms with van der Waals surface area (Å²) in [7, 11) is 0. The zero-order chi connectivity index (χ0) is 14.1. The Kier molecular flexibility index (Phi) is 3.14. The van der Waals surface area contributed by atoms with Gasteiger partial charge in [0.05, 0.1) is 5.69 Å². The third-order valence-electron chi connectivity index (χ3n) is 3.09. The molecule has 2 N–H and O–H groups in total. The van der Waals surface area contributed by atoms with Gasteiger partial charge in [-0.1, -0.05) is 6.07 Å². The second-order valence-electron chi connectivity index (χ2n) is 4.94. The largest absolute Gasteiger partial charge is 0.335 e. The van der Waals surface area contributed by atoms with Crippen LogP contribution in [0.4, 0.5) is 15.0 Å². The Hall–Kier alpha value is -2.37. The first-order valence-corrected chi connectivity index (χ1v) is 6.52. The summed E-state index contributed by atoms with van der Waals surface area (Å²) in [5.74, 6) is 0.128. The summed E-state index contributed by atoms with van der Waals surface area (Å²) in [5.41, 5.74) is 1.44. The maximum Gasteiger partial charge on any atom is 0.320 e. The van der Waals surface area contributed by atoms with Crippen LogP contribution in [0.15, 0.2) is 30.3 Å². The molecule has 3 rings (SSSR count). The summed E-state index contributed by atoms with van der Waals surface area (Å²) in [5, 5.41) is 9.77. The minimum atomic E-state index is -0.321. The molecular weight excluding hydrogens is 259 g/mol. The van der Waals surface area contributed by atoms with Crippen molar-refractivity contribution in [3.8, 4) is 5.69 Å². The highest BCUT2D eigenvalue weighted by Gasteiger charge is 2.23. The van der Waals surface area contributed by atoms with Crippen LogP contribution in [0.25, 0.3) is 5.69 Å². The smallest absolute Gasteiger partial charge is 0.320 e. The van der Waals surface area contributed by atoms with Crippen LogP contribution in [0, 0.1) is 12.7 Å². The van der Waals surface area contributed by atoms with E-state index in [1.165, 1.54) is 12.1 Å². The number of halogens is 1. The Morgan fingerprint density at radius 2 is 2.20 bits per heavy atom. The molecule has 1 saturated carbocycles. The highest BCUT2D eigenvalue weighted by Crippen LogP contribution is 2.19. The van der Waals surface area contributed by atoms with Crippen LogP contribution in [-0.4, -0.2) is 21.9 Å². The molecule has 1 fully saturated rings. The van der Waals surface area contributed by atoms with Gasteiger partial charge in [0.25, 0.3) is 0 Å². The molecule has 1 aliphatic carbocycles. The zero-order valence-electron chi connectivity index (χ0n) is 11.1. The van der Waals surface area contributed by atoms with Crippen molar-refractivity contribution in [3.05, 3.63) is 41.8 Å². The number of carbonyl (C=O) groups excluding carboxylic acids is 1. The SMILES string of the molecule is Cc1cc(NC(=O)NC2CC2)nn1-c1cccc(F)c1. The number of amides is 2. The molecule has 0 radical (unpaired) electrons. The van der Waals surface area contributed by atoms with Crippen molar-refractivity contribution in [1.29, 1.82) is 0 Å². The van der Waals surface area contributed by atoms with Gasteiger partial charge in [0, 0.05) is 17.8 Å². The fourth-order valence-electron chi connectivity index (χ4n) is 1.97. The van der Waals surface area contributed by atoms with Crippen molar-refractivity contribution in [2.45, 2.75) is 25.8 Å². The number of anilines is 1. The van der Waals surface area contributed by atoms with Crippen LogP contribution < -0.4 is 10.6 Å². The third kappa shape index (κ3) is 2.79. The molecule has 1 aromatic heterocycles. The number of rotatable bonds is 3. The molecule has 0 bridgehead atoms. The molecule has 0 atom stereocenters. The topological polar surface area (TPSA) is 59.0 Å². The summed E-state index contributed by atoms with van der Waals surface area (Å²) < 4.78 is 14.8. The summed E-state index contributed by atoms with van der Waals surface area (Å²) in [4.78, 5) is 11.6. The lowest BCUT2D eigenvalue weighted by Crippen LogP contribution is -2.30. The van der Waals surface area contributed by atoms with Crippen LogP contribution in [0.1, 0.15) is 18.5 Å². The molecule has 0 aliphatic heterocycles. The maximum atomic E-state index is 13.2. The van der Waals surface area contributed by atoms with Gasteiger partial charge in [-0.05, 0) is 38.0 Å². The second-order valence-corrected chi connectivity index (χ2v) is 4.94. The van der Waals surface area contributed by atoms with Gasteiger partial charge in [0.15, 0.2) is 5.82 Å². The number of urea groups is 1. The fourth-order valence-corrected chi connectivity index (χ4v) is 1.97. The van der Waals surface area contributed by atoms with Crippen molar-refractivity contribution in [2.24, 2.45) is 0 Å². The Labute approximate surface area is 115 Å². The quantitative estimate of drug-likeness (QED) is 0.903. The number of aryl methyl sites for hydroxylation is 1. The molecular formula is C14H15FN4O. The minimum absolute atomic E-state index is 0.253. The lowest BCUT2D eigenvalue weighted by molar-refractivity contribution is 0.251. The maximum absolute atomic E-state index is 13.2. The lowest BCUT2D eigenvalue weighted by atomic mass is 10.3. The fraction of sp³-hybridized carbons (Fsp3) is 0.286.